The fraction of sp³-hybridized carbons (Fsp3) is 0.368. The van der Waals surface area contributed by atoms with Crippen LogP contribution >= 0.6 is 11.6 Å². The molecule has 4 rings (SSSR count). The molecule has 2 heterocycles. The van der Waals surface area contributed by atoms with Crippen molar-refractivity contribution in [2.75, 3.05) is 0 Å². The van der Waals surface area contributed by atoms with Crippen molar-refractivity contribution in [3.63, 3.8) is 0 Å². The van der Waals surface area contributed by atoms with E-state index in [1.807, 2.05) is 37.4 Å². The summed E-state index contributed by atoms with van der Waals surface area (Å²) in [6, 6.07) is 9.72. The lowest BCUT2D eigenvalue weighted by Gasteiger charge is -2.26. The van der Waals surface area contributed by atoms with Crippen LogP contribution in [0.4, 0.5) is 0 Å². The van der Waals surface area contributed by atoms with E-state index in [4.69, 9.17) is 16.6 Å². The Morgan fingerprint density at radius 1 is 1.12 bits per heavy atom. The third kappa shape index (κ3) is 2.65. The highest BCUT2D eigenvalue weighted by Gasteiger charge is 2.20. The molecule has 1 saturated carbocycles. The summed E-state index contributed by atoms with van der Waals surface area (Å²) < 4.78 is 3.92. The number of halogens is 1. The minimum absolute atomic E-state index is 0.0257. The van der Waals surface area contributed by atoms with Crippen LogP contribution in [0.2, 0.25) is 5.02 Å². The molecule has 0 atom stereocenters. The molecule has 0 unspecified atom stereocenters. The van der Waals surface area contributed by atoms with Gasteiger partial charge < -0.3 is 4.57 Å². The first-order valence-corrected chi connectivity index (χ1v) is 8.88. The number of aryl methyl sites for hydroxylation is 1. The molecule has 1 aliphatic carbocycles. The average Bonchev–Trinajstić information content (AvgIpc) is 3.02. The second-order valence-corrected chi connectivity index (χ2v) is 7.03. The first-order valence-electron chi connectivity index (χ1n) is 8.51. The SMILES string of the molecule is Cc1cc(=O)n2cc(-c3ccc(Cl)cc3)nc2n1C1CCCCC1. The first kappa shape index (κ1) is 15.5. The maximum absolute atomic E-state index is 12.4. The number of rotatable bonds is 2. The predicted molar refractivity (Wildman–Crippen MR) is 96.8 cm³/mol. The van der Waals surface area contributed by atoms with Crippen molar-refractivity contribution in [1.29, 1.82) is 0 Å². The van der Waals surface area contributed by atoms with Crippen LogP contribution in [-0.2, 0) is 0 Å². The van der Waals surface area contributed by atoms with Crippen LogP contribution in [0.15, 0.2) is 41.3 Å². The Morgan fingerprint density at radius 3 is 2.54 bits per heavy atom. The number of hydrogen-bond acceptors (Lipinski definition) is 2. The molecule has 5 heteroatoms. The minimum atomic E-state index is -0.0257. The molecule has 3 aromatic rings. The van der Waals surface area contributed by atoms with E-state index in [0.717, 1.165) is 35.6 Å². The molecule has 1 aliphatic rings. The van der Waals surface area contributed by atoms with Gasteiger partial charge in [-0.15, -0.1) is 0 Å². The lowest BCUT2D eigenvalue weighted by atomic mass is 9.95. The van der Waals surface area contributed by atoms with Crippen molar-refractivity contribution in [3.05, 3.63) is 57.6 Å². The van der Waals surface area contributed by atoms with Crippen LogP contribution < -0.4 is 5.56 Å². The van der Waals surface area contributed by atoms with Crippen molar-refractivity contribution >= 4 is 17.4 Å². The molecule has 4 nitrogen and oxygen atoms in total. The zero-order chi connectivity index (χ0) is 16.7. The van der Waals surface area contributed by atoms with E-state index in [2.05, 4.69) is 4.57 Å². The Bertz CT molecular complexity index is 934. The number of hydrogen-bond donors (Lipinski definition) is 0. The first-order chi connectivity index (χ1) is 11.6. The van der Waals surface area contributed by atoms with E-state index in [1.165, 1.54) is 19.3 Å². The molecule has 124 valence electrons. The molecule has 2 aromatic heterocycles. The highest BCUT2D eigenvalue weighted by atomic mass is 35.5. The normalized spacial score (nSPS) is 15.9. The number of aromatic nitrogens is 3. The monoisotopic (exact) mass is 341 g/mol. The summed E-state index contributed by atoms with van der Waals surface area (Å²) in [5, 5.41) is 0.695. The van der Waals surface area contributed by atoms with Crippen molar-refractivity contribution in [1.82, 2.24) is 14.0 Å². The van der Waals surface area contributed by atoms with Gasteiger partial charge in [0.15, 0.2) is 0 Å². The summed E-state index contributed by atoms with van der Waals surface area (Å²) in [5.74, 6) is 0.747. The molecule has 1 fully saturated rings. The lowest BCUT2D eigenvalue weighted by molar-refractivity contribution is 0.351. The molecule has 0 spiro atoms. The standard InChI is InChI=1S/C19H20ClN3O/c1-13-11-18(24)22-12-17(14-7-9-15(20)10-8-14)21-19(22)23(13)16-5-3-2-4-6-16/h7-12,16H,2-6H2,1H3. The minimum Gasteiger partial charge on any atom is -0.312 e. The van der Waals surface area contributed by atoms with Gasteiger partial charge in [0.2, 0.25) is 5.78 Å². The van der Waals surface area contributed by atoms with E-state index >= 15 is 0 Å². The zero-order valence-corrected chi connectivity index (χ0v) is 14.5. The van der Waals surface area contributed by atoms with Gasteiger partial charge in [0.1, 0.15) is 0 Å². The van der Waals surface area contributed by atoms with Crippen LogP contribution in [0.1, 0.15) is 43.8 Å². The van der Waals surface area contributed by atoms with Crippen molar-refractivity contribution in [3.8, 4) is 11.3 Å². The second-order valence-electron chi connectivity index (χ2n) is 6.59. The number of nitrogens with zero attached hydrogens (tertiary/aromatic N) is 3. The van der Waals surface area contributed by atoms with Crippen molar-refractivity contribution in [2.45, 2.75) is 45.1 Å². The molecule has 1 aromatic carbocycles. The fourth-order valence-electron chi connectivity index (χ4n) is 3.73. The van der Waals surface area contributed by atoms with Crippen molar-refractivity contribution in [2.24, 2.45) is 0 Å². The third-order valence-electron chi connectivity index (χ3n) is 4.93. The molecule has 0 radical (unpaired) electrons. The summed E-state index contributed by atoms with van der Waals surface area (Å²) in [6.07, 6.45) is 7.93. The summed E-state index contributed by atoms with van der Waals surface area (Å²) in [7, 11) is 0. The molecule has 0 saturated heterocycles. The predicted octanol–water partition coefficient (Wildman–Crippen LogP) is 4.63. The topological polar surface area (TPSA) is 39.3 Å². The van der Waals surface area contributed by atoms with Gasteiger partial charge in [0.05, 0.1) is 5.69 Å². The summed E-state index contributed by atoms with van der Waals surface area (Å²) >= 11 is 5.97. The van der Waals surface area contributed by atoms with Crippen LogP contribution in [0.25, 0.3) is 17.0 Å². The van der Waals surface area contributed by atoms with Gasteiger partial charge in [0.25, 0.3) is 5.56 Å². The van der Waals surface area contributed by atoms with E-state index in [0.29, 0.717) is 11.1 Å². The van der Waals surface area contributed by atoms with E-state index in [-0.39, 0.29) is 5.56 Å². The molecule has 0 aliphatic heterocycles. The fourth-order valence-corrected chi connectivity index (χ4v) is 3.85. The van der Waals surface area contributed by atoms with Crippen LogP contribution in [0, 0.1) is 6.92 Å². The molecule has 24 heavy (non-hydrogen) atoms. The van der Waals surface area contributed by atoms with Gasteiger partial charge in [-0.3, -0.25) is 9.20 Å². The summed E-state index contributed by atoms with van der Waals surface area (Å²) in [4.78, 5) is 17.2. The average molecular weight is 342 g/mol. The maximum atomic E-state index is 12.4. The van der Waals surface area contributed by atoms with E-state index in [9.17, 15) is 4.79 Å². The molecular weight excluding hydrogens is 322 g/mol. The van der Waals surface area contributed by atoms with Crippen LogP contribution in [0.3, 0.4) is 0 Å². The highest BCUT2D eigenvalue weighted by molar-refractivity contribution is 6.30. The van der Waals surface area contributed by atoms with Gasteiger partial charge in [-0.2, -0.15) is 0 Å². The largest absolute Gasteiger partial charge is 0.312 e. The van der Waals surface area contributed by atoms with E-state index < -0.39 is 0 Å². The van der Waals surface area contributed by atoms with Crippen LogP contribution in [-0.4, -0.2) is 14.0 Å². The smallest absolute Gasteiger partial charge is 0.259 e. The zero-order valence-electron chi connectivity index (χ0n) is 13.7. The molecule has 0 N–H and O–H groups in total. The van der Waals surface area contributed by atoms with Crippen molar-refractivity contribution < 1.29 is 0 Å². The number of benzene rings is 1. The number of imidazole rings is 1. The molecule has 0 amide bonds. The maximum Gasteiger partial charge on any atom is 0.259 e. The Hall–Kier alpha value is -2.07. The Balaban J connectivity index is 1.90. The Morgan fingerprint density at radius 2 is 1.83 bits per heavy atom. The van der Waals surface area contributed by atoms with Gasteiger partial charge in [-0.25, -0.2) is 4.98 Å². The second kappa shape index (κ2) is 6.10. The third-order valence-corrected chi connectivity index (χ3v) is 5.18. The van der Waals surface area contributed by atoms with Gasteiger partial charge in [0, 0.05) is 34.6 Å². The Labute approximate surface area is 145 Å². The van der Waals surface area contributed by atoms with Gasteiger partial charge in [-0.1, -0.05) is 43.0 Å². The summed E-state index contributed by atoms with van der Waals surface area (Å²) in [6.45, 7) is 2.01. The molecular formula is C19H20ClN3O. The lowest BCUT2D eigenvalue weighted by Crippen LogP contribution is -2.23. The number of fused-ring (bicyclic) bond motifs is 1. The highest BCUT2D eigenvalue weighted by Crippen LogP contribution is 2.31. The van der Waals surface area contributed by atoms with Crippen LogP contribution in [0.5, 0.6) is 0 Å². The quantitative estimate of drug-likeness (QED) is 0.681. The van der Waals surface area contributed by atoms with Gasteiger partial charge >= 0.3 is 0 Å². The van der Waals surface area contributed by atoms with Gasteiger partial charge in [-0.05, 0) is 31.9 Å². The Kier molecular flexibility index (Phi) is 3.93. The summed E-state index contributed by atoms with van der Waals surface area (Å²) in [5.41, 5.74) is 2.74. The molecule has 0 bridgehead atoms. The van der Waals surface area contributed by atoms with E-state index in [1.54, 1.807) is 10.5 Å².